The molecule has 94 valence electrons. The molecule has 0 unspecified atom stereocenters. The Labute approximate surface area is 99.2 Å². The van der Waals surface area contributed by atoms with Crippen molar-refractivity contribution in [1.82, 2.24) is 19.9 Å². The van der Waals surface area contributed by atoms with Crippen LogP contribution in [0.3, 0.4) is 0 Å². The van der Waals surface area contributed by atoms with E-state index in [9.17, 15) is 4.79 Å². The molecule has 0 bridgehead atoms. The van der Waals surface area contributed by atoms with Crippen molar-refractivity contribution >= 4 is 23.8 Å². The summed E-state index contributed by atoms with van der Waals surface area (Å²) in [4.78, 5) is 23.1. The lowest BCUT2D eigenvalue weighted by molar-refractivity contribution is -0.127. The molecule has 1 aliphatic rings. The van der Waals surface area contributed by atoms with E-state index in [4.69, 9.17) is 17.2 Å². The lowest BCUT2D eigenvalue weighted by Gasteiger charge is -2.10. The Morgan fingerprint density at radius 1 is 1.12 bits per heavy atom. The molecule has 0 aromatic carbocycles. The van der Waals surface area contributed by atoms with E-state index >= 15 is 0 Å². The molecule has 0 aliphatic carbocycles. The minimum atomic E-state index is 0.0417. The number of aromatic nitrogens is 3. The van der Waals surface area contributed by atoms with Crippen LogP contribution in [0.15, 0.2) is 0 Å². The maximum Gasteiger partial charge on any atom is 0.226 e. The molecule has 1 aromatic rings. The van der Waals surface area contributed by atoms with Gasteiger partial charge in [0.25, 0.3) is 0 Å². The van der Waals surface area contributed by atoms with Crippen LogP contribution in [-0.4, -0.2) is 38.8 Å². The second-order valence-electron chi connectivity index (χ2n) is 3.49. The molecule has 1 aromatic heterocycles. The largest absolute Gasteiger partial charge is 0.368 e. The van der Waals surface area contributed by atoms with Gasteiger partial charge < -0.3 is 22.1 Å². The lowest BCUT2D eigenvalue weighted by atomic mass is 10.4. The lowest BCUT2D eigenvalue weighted by Crippen LogP contribution is -2.23. The third kappa shape index (κ3) is 4.09. The van der Waals surface area contributed by atoms with Crippen LogP contribution in [0.4, 0.5) is 17.8 Å². The summed E-state index contributed by atoms with van der Waals surface area (Å²) < 4.78 is 0. The van der Waals surface area contributed by atoms with Gasteiger partial charge in [-0.05, 0) is 13.3 Å². The van der Waals surface area contributed by atoms with Gasteiger partial charge in [0.2, 0.25) is 23.8 Å². The van der Waals surface area contributed by atoms with Gasteiger partial charge in [-0.1, -0.05) is 0 Å². The average Bonchev–Trinajstić information content (AvgIpc) is 2.62. The SMILES string of the molecule is CCN1CCCC1=O.Nc1nc(N)nc(N)n1. The zero-order valence-electron chi connectivity index (χ0n) is 9.76. The van der Waals surface area contributed by atoms with Crippen molar-refractivity contribution in [2.75, 3.05) is 30.3 Å². The zero-order valence-corrected chi connectivity index (χ0v) is 9.76. The first-order valence-corrected chi connectivity index (χ1v) is 5.33. The van der Waals surface area contributed by atoms with Crippen LogP contribution in [-0.2, 0) is 4.79 Å². The number of nitrogen functional groups attached to an aromatic ring is 3. The van der Waals surface area contributed by atoms with Gasteiger partial charge in [0.1, 0.15) is 0 Å². The zero-order chi connectivity index (χ0) is 12.8. The summed E-state index contributed by atoms with van der Waals surface area (Å²) in [7, 11) is 0. The van der Waals surface area contributed by atoms with E-state index in [2.05, 4.69) is 15.0 Å². The third-order valence-corrected chi connectivity index (χ3v) is 2.24. The van der Waals surface area contributed by atoms with Crippen LogP contribution in [0.1, 0.15) is 19.8 Å². The molecular formula is C9H17N7O. The number of amides is 1. The highest BCUT2D eigenvalue weighted by atomic mass is 16.2. The Morgan fingerprint density at radius 3 is 1.82 bits per heavy atom. The molecule has 0 saturated carbocycles. The van der Waals surface area contributed by atoms with Crippen LogP contribution in [0.2, 0.25) is 0 Å². The van der Waals surface area contributed by atoms with Crippen LogP contribution < -0.4 is 17.2 Å². The van der Waals surface area contributed by atoms with Crippen molar-refractivity contribution in [1.29, 1.82) is 0 Å². The highest BCUT2D eigenvalue weighted by molar-refractivity contribution is 5.77. The number of nitrogens with two attached hydrogens (primary N) is 3. The smallest absolute Gasteiger partial charge is 0.226 e. The molecule has 1 saturated heterocycles. The molecule has 0 radical (unpaired) electrons. The number of anilines is 3. The van der Waals surface area contributed by atoms with Crippen molar-refractivity contribution in [3.63, 3.8) is 0 Å². The van der Waals surface area contributed by atoms with E-state index in [0.29, 0.717) is 5.91 Å². The summed E-state index contributed by atoms with van der Waals surface area (Å²) in [5.41, 5.74) is 15.4. The number of nitrogens with zero attached hydrogens (tertiary/aromatic N) is 4. The third-order valence-electron chi connectivity index (χ3n) is 2.24. The summed E-state index contributed by atoms with van der Waals surface area (Å²) >= 11 is 0. The Morgan fingerprint density at radius 2 is 1.59 bits per heavy atom. The number of hydrogen-bond acceptors (Lipinski definition) is 7. The van der Waals surface area contributed by atoms with Crippen molar-refractivity contribution in [2.45, 2.75) is 19.8 Å². The molecular weight excluding hydrogens is 222 g/mol. The van der Waals surface area contributed by atoms with Crippen molar-refractivity contribution < 1.29 is 4.79 Å². The van der Waals surface area contributed by atoms with Gasteiger partial charge in [-0.2, -0.15) is 15.0 Å². The van der Waals surface area contributed by atoms with Crippen molar-refractivity contribution in [3.8, 4) is 0 Å². The topological polar surface area (TPSA) is 137 Å². The van der Waals surface area contributed by atoms with Crippen LogP contribution in [0.25, 0.3) is 0 Å². The van der Waals surface area contributed by atoms with Gasteiger partial charge in [-0.25, -0.2) is 0 Å². The summed E-state index contributed by atoms with van der Waals surface area (Å²) in [5, 5.41) is 0. The summed E-state index contributed by atoms with van der Waals surface area (Å²) in [5.74, 6) is 0.451. The van der Waals surface area contributed by atoms with Crippen LogP contribution in [0.5, 0.6) is 0 Å². The predicted octanol–water partition coefficient (Wildman–Crippen LogP) is -0.753. The quantitative estimate of drug-likeness (QED) is 0.586. The molecule has 2 heterocycles. The first-order valence-electron chi connectivity index (χ1n) is 5.33. The fourth-order valence-corrected chi connectivity index (χ4v) is 1.47. The van der Waals surface area contributed by atoms with Crippen molar-refractivity contribution in [2.24, 2.45) is 0 Å². The summed E-state index contributed by atoms with van der Waals surface area (Å²) in [6, 6.07) is 0. The minimum Gasteiger partial charge on any atom is -0.368 e. The van der Waals surface area contributed by atoms with Crippen LogP contribution in [0, 0.1) is 0 Å². The Hall–Kier alpha value is -2.12. The highest BCUT2D eigenvalue weighted by Gasteiger charge is 2.16. The monoisotopic (exact) mass is 239 g/mol. The molecule has 1 aliphatic heterocycles. The van der Waals surface area contributed by atoms with Gasteiger partial charge in [0.15, 0.2) is 0 Å². The van der Waals surface area contributed by atoms with Gasteiger partial charge in [0.05, 0.1) is 0 Å². The molecule has 8 nitrogen and oxygen atoms in total. The summed E-state index contributed by atoms with van der Waals surface area (Å²) in [6.07, 6.45) is 1.83. The Kier molecular flexibility index (Phi) is 4.44. The van der Waals surface area contributed by atoms with Gasteiger partial charge in [-0.3, -0.25) is 4.79 Å². The highest BCUT2D eigenvalue weighted by Crippen LogP contribution is 2.07. The Bertz CT molecular complexity index is 344. The first kappa shape index (κ1) is 12.9. The average molecular weight is 239 g/mol. The summed E-state index contributed by atoms with van der Waals surface area (Å²) in [6.45, 7) is 3.89. The molecule has 1 fully saturated rings. The molecule has 0 spiro atoms. The molecule has 2 rings (SSSR count). The fraction of sp³-hybridized carbons (Fsp3) is 0.556. The van der Waals surface area contributed by atoms with Gasteiger partial charge in [-0.15, -0.1) is 0 Å². The van der Waals surface area contributed by atoms with Gasteiger partial charge in [0, 0.05) is 19.5 Å². The van der Waals surface area contributed by atoms with E-state index < -0.39 is 0 Å². The Balaban J connectivity index is 0.000000171. The fourth-order valence-electron chi connectivity index (χ4n) is 1.47. The molecule has 17 heavy (non-hydrogen) atoms. The van der Waals surface area contributed by atoms with Gasteiger partial charge >= 0.3 is 0 Å². The van der Waals surface area contributed by atoms with E-state index in [1.54, 1.807) is 0 Å². The second kappa shape index (κ2) is 5.83. The van der Waals surface area contributed by atoms with E-state index in [1.165, 1.54) is 0 Å². The molecule has 8 heteroatoms. The normalized spacial score (nSPS) is 14.4. The first-order chi connectivity index (χ1) is 8.02. The molecule has 6 N–H and O–H groups in total. The number of rotatable bonds is 1. The molecule has 1 amide bonds. The van der Waals surface area contributed by atoms with Crippen molar-refractivity contribution in [3.05, 3.63) is 0 Å². The molecule has 0 atom stereocenters. The van der Waals surface area contributed by atoms with E-state index in [0.717, 1.165) is 25.9 Å². The maximum absolute atomic E-state index is 10.7. The number of carbonyl (C=O) groups excluding carboxylic acids is 1. The standard InChI is InChI=1S/C6H11NO.C3H6N6/c1-2-7-5-3-4-6(7)8;4-1-7-2(5)9-3(6)8-1/h2-5H2,1H3;(H6,4,5,6,7,8,9). The second-order valence-corrected chi connectivity index (χ2v) is 3.49. The van der Waals surface area contributed by atoms with E-state index in [1.807, 2.05) is 11.8 Å². The minimum absolute atomic E-state index is 0.0417. The number of likely N-dealkylation sites (tertiary alicyclic amines) is 1. The predicted molar refractivity (Wildman–Crippen MR) is 64.6 cm³/mol. The number of hydrogen-bond donors (Lipinski definition) is 3. The van der Waals surface area contributed by atoms with Crippen LogP contribution >= 0.6 is 0 Å². The van der Waals surface area contributed by atoms with E-state index in [-0.39, 0.29) is 17.8 Å². The maximum atomic E-state index is 10.7. The number of carbonyl (C=O) groups is 1.